The summed E-state index contributed by atoms with van der Waals surface area (Å²) in [4.78, 5) is 8.58. The zero-order valence-electron chi connectivity index (χ0n) is 10.7. The van der Waals surface area contributed by atoms with Crippen LogP contribution in [0.3, 0.4) is 0 Å². The quantitative estimate of drug-likeness (QED) is 0.384. The van der Waals surface area contributed by atoms with Crippen LogP contribution in [0.25, 0.3) is 0 Å². The van der Waals surface area contributed by atoms with Gasteiger partial charge in [0.25, 0.3) is 0 Å². The van der Waals surface area contributed by atoms with Crippen LogP contribution in [0.2, 0.25) is 0 Å². The molecule has 0 heterocycles. The Kier molecular flexibility index (Phi) is 2.65. The third-order valence-corrected chi connectivity index (χ3v) is 4.67. The molecule has 4 N–H and O–H groups in total. The average Bonchev–Trinajstić information content (AvgIpc) is 1.90. The van der Waals surface area contributed by atoms with E-state index in [0.717, 1.165) is 5.92 Å². The van der Waals surface area contributed by atoms with Crippen molar-refractivity contribution in [3.05, 3.63) is 10.1 Å². The smallest absolute Gasteiger partial charge is 0.154 e. The Balaban J connectivity index is 0.000000239. The molecule has 17 heavy (non-hydrogen) atoms. The van der Waals surface area contributed by atoms with Crippen LogP contribution >= 0.6 is 0 Å². The van der Waals surface area contributed by atoms with E-state index in [-0.39, 0.29) is 5.54 Å². The minimum atomic E-state index is -1.00. The molecule has 2 atom stereocenters. The molecule has 0 aromatic carbocycles. The fourth-order valence-corrected chi connectivity index (χ4v) is 5.54. The summed E-state index contributed by atoms with van der Waals surface area (Å²) < 4.78 is 0. The Morgan fingerprint density at radius 2 is 1.53 bits per heavy atom. The van der Waals surface area contributed by atoms with Gasteiger partial charge in [0.05, 0.1) is 0 Å². The van der Waals surface area contributed by atoms with Crippen molar-refractivity contribution in [3.8, 4) is 0 Å². The maximum atomic E-state index is 8.58. The van der Waals surface area contributed by atoms with Crippen molar-refractivity contribution in [2.75, 3.05) is 0 Å². The monoisotopic (exact) mass is 241 g/mol. The van der Waals surface area contributed by atoms with Crippen molar-refractivity contribution in [1.29, 1.82) is 0 Å². The van der Waals surface area contributed by atoms with Gasteiger partial charge in [-0.1, -0.05) is 13.8 Å². The van der Waals surface area contributed by atoms with Crippen LogP contribution in [0.5, 0.6) is 0 Å². The predicted octanol–water partition coefficient (Wildman–Crippen LogP) is 1.83. The lowest BCUT2D eigenvalue weighted by molar-refractivity contribution is -0.491. The highest BCUT2D eigenvalue weighted by molar-refractivity contribution is 5.12. The first-order valence-electron chi connectivity index (χ1n) is 6.32. The standard InChI is InChI=1S/C12H21N.H2N2O2/c1-10-3-9-4-11(2,6-10)8-12(13,5-9)7-10;1-2(3)4/h9H,3-8,13H2,1-2H3;1H2. The number of nitro groups is 1. The Morgan fingerprint density at radius 3 is 1.82 bits per heavy atom. The molecule has 0 radical (unpaired) electrons. The lowest BCUT2D eigenvalue weighted by atomic mass is 9.43. The second-order valence-electron chi connectivity index (χ2n) is 7.28. The Hall–Kier alpha value is -0.840. The zero-order valence-corrected chi connectivity index (χ0v) is 10.7. The number of rotatable bonds is 0. The van der Waals surface area contributed by atoms with E-state index >= 15 is 0 Å². The molecule has 0 aliphatic heterocycles. The molecule has 4 bridgehead atoms. The SMILES string of the molecule is CC12CC3CC(C)(C1)CC(N)(C3)C2.N[N+](=O)[O-]. The van der Waals surface area contributed by atoms with Crippen LogP contribution in [0.1, 0.15) is 52.4 Å². The molecular formula is C12H23N3O2. The molecule has 0 amide bonds. The summed E-state index contributed by atoms with van der Waals surface area (Å²) in [5.41, 5.74) is 7.92. The average molecular weight is 241 g/mol. The molecule has 4 aliphatic rings. The largest absolute Gasteiger partial charge is 0.325 e. The summed E-state index contributed by atoms with van der Waals surface area (Å²) >= 11 is 0. The summed E-state index contributed by atoms with van der Waals surface area (Å²) in [6, 6.07) is 0. The van der Waals surface area contributed by atoms with Crippen LogP contribution in [0.15, 0.2) is 0 Å². The van der Waals surface area contributed by atoms with Crippen molar-refractivity contribution < 1.29 is 5.03 Å². The molecule has 0 saturated heterocycles. The van der Waals surface area contributed by atoms with E-state index in [1.54, 1.807) is 0 Å². The zero-order chi connectivity index (χ0) is 12.9. The topological polar surface area (TPSA) is 95.2 Å². The van der Waals surface area contributed by atoms with Gasteiger partial charge in [-0.2, -0.15) is 5.84 Å². The lowest BCUT2D eigenvalue weighted by Crippen LogP contribution is -2.62. The summed E-state index contributed by atoms with van der Waals surface area (Å²) in [6.07, 6.45) is 8.27. The van der Waals surface area contributed by atoms with Gasteiger partial charge in [-0.05, 0) is 55.3 Å². The van der Waals surface area contributed by atoms with Crippen molar-refractivity contribution in [2.24, 2.45) is 28.3 Å². The van der Waals surface area contributed by atoms with Crippen LogP contribution in [-0.2, 0) is 0 Å². The van der Waals surface area contributed by atoms with E-state index in [1.807, 2.05) is 0 Å². The molecule has 98 valence electrons. The van der Waals surface area contributed by atoms with E-state index in [0.29, 0.717) is 10.8 Å². The number of hydrogen-bond acceptors (Lipinski definition) is 3. The maximum Gasteiger partial charge on any atom is 0.154 e. The lowest BCUT2D eigenvalue weighted by Gasteiger charge is -2.64. The van der Waals surface area contributed by atoms with Gasteiger partial charge in [0.2, 0.25) is 0 Å². The maximum absolute atomic E-state index is 8.58. The van der Waals surface area contributed by atoms with E-state index in [9.17, 15) is 0 Å². The number of nitrogens with zero attached hydrogens (tertiary/aromatic N) is 1. The summed E-state index contributed by atoms with van der Waals surface area (Å²) in [7, 11) is 0. The van der Waals surface area contributed by atoms with E-state index in [4.69, 9.17) is 15.8 Å². The molecule has 5 nitrogen and oxygen atoms in total. The van der Waals surface area contributed by atoms with Crippen molar-refractivity contribution >= 4 is 0 Å². The van der Waals surface area contributed by atoms with Gasteiger partial charge in [0.15, 0.2) is 5.03 Å². The minimum Gasteiger partial charge on any atom is -0.325 e. The molecule has 4 fully saturated rings. The second-order valence-corrected chi connectivity index (χ2v) is 7.28. The van der Waals surface area contributed by atoms with E-state index < -0.39 is 5.03 Å². The fraction of sp³-hybridized carbons (Fsp3) is 1.00. The van der Waals surface area contributed by atoms with Gasteiger partial charge >= 0.3 is 0 Å². The Bertz CT molecular complexity index is 290. The second kappa shape index (κ2) is 3.57. The van der Waals surface area contributed by atoms with Gasteiger partial charge in [0.1, 0.15) is 0 Å². The molecule has 4 rings (SSSR count). The van der Waals surface area contributed by atoms with Crippen molar-refractivity contribution in [3.63, 3.8) is 0 Å². The van der Waals surface area contributed by atoms with Crippen LogP contribution < -0.4 is 11.6 Å². The number of hydrogen-bond donors (Lipinski definition) is 2. The third-order valence-electron chi connectivity index (χ3n) is 4.67. The number of nitrogens with two attached hydrogens (primary N) is 2. The molecule has 5 heteroatoms. The molecular weight excluding hydrogens is 218 g/mol. The normalized spacial score (nSPS) is 50.6. The van der Waals surface area contributed by atoms with Crippen molar-refractivity contribution in [2.45, 2.75) is 57.9 Å². The Morgan fingerprint density at radius 1 is 1.12 bits per heavy atom. The first kappa shape index (κ1) is 12.6. The summed E-state index contributed by atoms with van der Waals surface area (Å²) in [5, 5.41) is 7.58. The summed E-state index contributed by atoms with van der Waals surface area (Å²) in [5.74, 6) is 4.79. The highest BCUT2D eigenvalue weighted by atomic mass is 16.7. The van der Waals surface area contributed by atoms with Crippen LogP contribution in [-0.4, -0.2) is 10.6 Å². The molecule has 0 aromatic rings. The first-order valence-corrected chi connectivity index (χ1v) is 6.32. The molecule has 4 saturated carbocycles. The van der Waals surface area contributed by atoms with Crippen LogP contribution in [0, 0.1) is 26.9 Å². The van der Waals surface area contributed by atoms with Gasteiger partial charge < -0.3 is 5.73 Å². The molecule has 2 unspecified atom stereocenters. The van der Waals surface area contributed by atoms with Crippen molar-refractivity contribution in [1.82, 2.24) is 0 Å². The van der Waals surface area contributed by atoms with E-state index in [2.05, 4.69) is 19.7 Å². The van der Waals surface area contributed by atoms with Gasteiger partial charge in [-0.15, -0.1) is 0 Å². The summed E-state index contributed by atoms with van der Waals surface area (Å²) in [6.45, 7) is 4.94. The highest BCUT2D eigenvalue weighted by Crippen LogP contribution is 2.65. The molecule has 0 aromatic heterocycles. The van der Waals surface area contributed by atoms with Gasteiger partial charge in [0, 0.05) is 5.54 Å². The highest BCUT2D eigenvalue weighted by Gasteiger charge is 2.58. The first-order chi connectivity index (χ1) is 7.64. The third kappa shape index (κ3) is 2.54. The van der Waals surface area contributed by atoms with E-state index in [1.165, 1.54) is 38.5 Å². The Labute approximate surface area is 102 Å². The van der Waals surface area contributed by atoms with Gasteiger partial charge in [-0.3, -0.25) is 0 Å². The minimum absolute atomic E-state index is 0.225. The van der Waals surface area contributed by atoms with Gasteiger partial charge in [-0.25, -0.2) is 10.1 Å². The number of hydrazine groups is 1. The molecule has 0 spiro atoms. The fourth-order valence-electron chi connectivity index (χ4n) is 5.54. The molecule has 4 aliphatic carbocycles. The van der Waals surface area contributed by atoms with Crippen LogP contribution in [0.4, 0.5) is 0 Å². The predicted molar refractivity (Wildman–Crippen MR) is 65.5 cm³/mol.